The molecule has 28 heavy (non-hydrogen) atoms. The average molecular weight is 381 g/mol. The number of hydrogen-bond acceptors (Lipinski definition) is 5. The maximum Gasteiger partial charge on any atom is 0.259 e. The quantitative estimate of drug-likeness (QED) is 0.703. The second-order valence-electron chi connectivity index (χ2n) is 7.62. The zero-order chi connectivity index (χ0) is 19.3. The van der Waals surface area contributed by atoms with Crippen LogP contribution in [-0.4, -0.2) is 69.9 Å². The Hall–Kier alpha value is -2.71. The number of hydrogen-bond donors (Lipinski definition) is 2. The summed E-state index contributed by atoms with van der Waals surface area (Å²) in [5.41, 5.74) is 2.71. The van der Waals surface area contributed by atoms with Gasteiger partial charge in [-0.05, 0) is 37.5 Å². The highest BCUT2D eigenvalue weighted by atomic mass is 16.5. The van der Waals surface area contributed by atoms with E-state index in [4.69, 9.17) is 4.74 Å². The summed E-state index contributed by atoms with van der Waals surface area (Å²) in [5, 5.41) is 8.18. The third kappa shape index (κ3) is 2.80. The Morgan fingerprint density at radius 2 is 2.04 bits per heavy atom. The van der Waals surface area contributed by atoms with Gasteiger partial charge in [-0.25, -0.2) is 0 Å². The van der Waals surface area contributed by atoms with Crippen LogP contribution in [0.2, 0.25) is 0 Å². The number of nitrogens with one attached hydrogen (secondary N) is 2. The molecule has 146 valence electrons. The molecule has 4 heterocycles. The topological polar surface area (TPSA) is 94.3 Å². The maximum atomic E-state index is 13.2. The largest absolute Gasteiger partial charge is 0.363 e. The standard InChI is InChI=1S/C20H23N5O3/c1-12-9-16-14(18-15(11-21-23-18)19(26)22-16)10-13(12)20(27)25-6-4-24(5-7-25)17-3-2-8-28-17/h9-11,17H,2-8H2,1H3,(H,21,23)(H,22,26). The molecule has 1 amide bonds. The van der Waals surface area contributed by atoms with Gasteiger partial charge in [-0.2, -0.15) is 5.10 Å². The number of carbonyl (C=O) groups excluding carboxylic acids is 1. The van der Waals surface area contributed by atoms with E-state index in [-0.39, 0.29) is 17.7 Å². The van der Waals surface area contributed by atoms with Gasteiger partial charge in [0, 0.05) is 43.7 Å². The Balaban J connectivity index is 1.44. The van der Waals surface area contributed by atoms with Gasteiger partial charge in [0.1, 0.15) is 6.23 Å². The number of aromatic amines is 2. The molecule has 3 aromatic rings. The maximum absolute atomic E-state index is 13.2. The minimum Gasteiger partial charge on any atom is -0.363 e. The molecule has 0 spiro atoms. The summed E-state index contributed by atoms with van der Waals surface area (Å²) in [6, 6.07) is 3.74. The zero-order valence-electron chi connectivity index (χ0n) is 15.8. The molecule has 8 heteroatoms. The van der Waals surface area contributed by atoms with Gasteiger partial charge in [-0.3, -0.25) is 19.6 Å². The van der Waals surface area contributed by atoms with Crippen LogP contribution in [0.15, 0.2) is 23.1 Å². The molecule has 1 aromatic carbocycles. The first-order valence-corrected chi connectivity index (χ1v) is 9.76. The minimum absolute atomic E-state index is 0.0326. The van der Waals surface area contributed by atoms with E-state index >= 15 is 0 Å². The summed E-state index contributed by atoms with van der Waals surface area (Å²) < 4.78 is 5.77. The van der Waals surface area contributed by atoms with Crippen LogP contribution in [0.25, 0.3) is 21.8 Å². The number of nitrogens with zero attached hydrogens (tertiary/aromatic N) is 3. The normalized spacial score (nSPS) is 21.0. The molecule has 1 unspecified atom stereocenters. The van der Waals surface area contributed by atoms with Crippen molar-refractivity contribution in [1.82, 2.24) is 25.0 Å². The number of pyridine rings is 1. The molecule has 2 fully saturated rings. The molecule has 8 nitrogen and oxygen atoms in total. The third-order valence-electron chi connectivity index (χ3n) is 5.91. The van der Waals surface area contributed by atoms with Crippen LogP contribution < -0.4 is 5.56 Å². The summed E-state index contributed by atoms with van der Waals surface area (Å²) in [6.07, 6.45) is 3.92. The number of carbonyl (C=O) groups is 1. The second kappa shape index (κ2) is 6.72. The van der Waals surface area contributed by atoms with Crippen LogP contribution >= 0.6 is 0 Å². The van der Waals surface area contributed by atoms with Crippen molar-refractivity contribution in [2.45, 2.75) is 26.0 Å². The first-order valence-electron chi connectivity index (χ1n) is 9.76. The number of piperazine rings is 1. The Kier molecular flexibility index (Phi) is 4.17. The van der Waals surface area contributed by atoms with Crippen molar-refractivity contribution in [3.05, 3.63) is 39.8 Å². The third-order valence-corrected chi connectivity index (χ3v) is 5.91. The molecule has 0 radical (unpaired) electrons. The van der Waals surface area contributed by atoms with Gasteiger partial charge < -0.3 is 14.6 Å². The van der Waals surface area contributed by atoms with Crippen LogP contribution in [-0.2, 0) is 4.74 Å². The molecule has 2 aliphatic heterocycles. The van der Waals surface area contributed by atoms with Crippen molar-refractivity contribution >= 4 is 27.7 Å². The van der Waals surface area contributed by atoms with Crippen LogP contribution in [0.5, 0.6) is 0 Å². The highest BCUT2D eigenvalue weighted by Crippen LogP contribution is 2.25. The van der Waals surface area contributed by atoms with E-state index in [2.05, 4.69) is 20.1 Å². The molecule has 2 saturated heterocycles. The highest BCUT2D eigenvalue weighted by Gasteiger charge is 2.29. The zero-order valence-corrected chi connectivity index (χ0v) is 15.8. The van der Waals surface area contributed by atoms with Crippen molar-refractivity contribution in [2.24, 2.45) is 0 Å². The molecule has 2 N–H and O–H groups in total. The van der Waals surface area contributed by atoms with Crippen molar-refractivity contribution in [1.29, 1.82) is 0 Å². The Morgan fingerprint density at radius 1 is 1.21 bits per heavy atom. The first-order chi connectivity index (χ1) is 13.6. The number of amides is 1. The van der Waals surface area contributed by atoms with Gasteiger partial charge in [0.15, 0.2) is 0 Å². The molecule has 2 aromatic heterocycles. The molecule has 5 rings (SSSR count). The van der Waals surface area contributed by atoms with Gasteiger partial charge in [0.05, 0.1) is 22.6 Å². The summed E-state index contributed by atoms with van der Waals surface area (Å²) in [7, 11) is 0. The predicted octanol–water partition coefficient (Wildman–Crippen LogP) is 1.61. The lowest BCUT2D eigenvalue weighted by atomic mass is 10.0. The lowest BCUT2D eigenvalue weighted by molar-refractivity contribution is -0.0390. The van der Waals surface area contributed by atoms with Crippen LogP contribution in [0.3, 0.4) is 0 Å². The first kappa shape index (κ1) is 17.4. The molecular weight excluding hydrogens is 358 g/mol. The van der Waals surface area contributed by atoms with Gasteiger partial charge in [-0.15, -0.1) is 0 Å². The number of ether oxygens (including phenoxy) is 1. The molecule has 0 aliphatic carbocycles. The lowest BCUT2D eigenvalue weighted by Crippen LogP contribution is -2.51. The molecule has 2 aliphatic rings. The van der Waals surface area contributed by atoms with E-state index in [0.717, 1.165) is 43.5 Å². The fourth-order valence-electron chi connectivity index (χ4n) is 4.33. The fourth-order valence-corrected chi connectivity index (χ4v) is 4.33. The van der Waals surface area contributed by atoms with Crippen molar-refractivity contribution < 1.29 is 9.53 Å². The monoisotopic (exact) mass is 381 g/mol. The average Bonchev–Trinajstić information content (AvgIpc) is 3.40. The number of rotatable bonds is 2. The van der Waals surface area contributed by atoms with Gasteiger partial charge in [0.2, 0.25) is 0 Å². The number of fused-ring (bicyclic) bond motifs is 3. The molecule has 1 atom stereocenters. The van der Waals surface area contributed by atoms with E-state index in [1.165, 1.54) is 6.20 Å². The van der Waals surface area contributed by atoms with Crippen LogP contribution in [0.4, 0.5) is 0 Å². The predicted molar refractivity (Wildman–Crippen MR) is 105 cm³/mol. The Morgan fingerprint density at radius 3 is 2.79 bits per heavy atom. The van der Waals surface area contributed by atoms with Crippen molar-refractivity contribution in [3.63, 3.8) is 0 Å². The van der Waals surface area contributed by atoms with Gasteiger partial charge in [0.25, 0.3) is 11.5 Å². The number of H-pyrrole nitrogens is 2. The Labute approximate surface area is 161 Å². The molecule has 0 bridgehead atoms. The lowest BCUT2D eigenvalue weighted by Gasteiger charge is -2.37. The molecular formula is C20H23N5O3. The van der Waals surface area contributed by atoms with E-state index < -0.39 is 0 Å². The smallest absolute Gasteiger partial charge is 0.259 e. The van der Waals surface area contributed by atoms with Crippen LogP contribution in [0.1, 0.15) is 28.8 Å². The second-order valence-corrected chi connectivity index (χ2v) is 7.62. The van der Waals surface area contributed by atoms with Crippen molar-refractivity contribution in [2.75, 3.05) is 32.8 Å². The summed E-state index contributed by atoms with van der Waals surface area (Å²) >= 11 is 0. The molecule has 0 saturated carbocycles. The van der Waals surface area contributed by atoms with Crippen molar-refractivity contribution in [3.8, 4) is 0 Å². The van der Waals surface area contributed by atoms with Crippen LogP contribution in [0, 0.1) is 6.92 Å². The highest BCUT2D eigenvalue weighted by molar-refractivity contribution is 6.07. The minimum atomic E-state index is -0.181. The van der Waals surface area contributed by atoms with Gasteiger partial charge >= 0.3 is 0 Å². The van der Waals surface area contributed by atoms with E-state index in [1.54, 1.807) is 0 Å². The number of aryl methyl sites for hydroxylation is 1. The fraction of sp³-hybridized carbons (Fsp3) is 0.450. The number of aromatic nitrogens is 3. The van der Waals surface area contributed by atoms with E-state index in [1.807, 2.05) is 24.0 Å². The van der Waals surface area contributed by atoms with E-state index in [9.17, 15) is 9.59 Å². The van der Waals surface area contributed by atoms with Gasteiger partial charge in [-0.1, -0.05) is 0 Å². The summed E-state index contributed by atoms with van der Waals surface area (Å²) in [6.45, 7) is 5.81. The summed E-state index contributed by atoms with van der Waals surface area (Å²) in [4.78, 5) is 32.5. The SMILES string of the molecule is Cc1cc2[nH]c(=O)c3cn[nH]c3c2cc1C(=O)N1CCN(C2CCCO2)CC1. The Bertz CT molecular complexity index is 1100. The van der Waals surface area contributed by atoms with E-state index in [0.29, 0.717) is 35.1 Å². The number of benzene rings is 1. The summed E-state index contributed by atoms with van der Waals surface area (Å²) in [5.74, 6) is 0.0326.